The van der Waals surface area contributed by atoms with E-state index in [2.05, 4.69) is 25.9 Å². The first-order chi connectivity index (χ1) is 15.2. The smallest absolute Gasteiger partial charge is 0.252 e. The molecule has 2 rings (SSSR count). The van der Waals surface area contributed by atoms with Gasteiger partial charge in [0.2, 0.25) is 0 Å². The number of rotatable bonds is 12. The molecule has 0 bridgehead atoms. The summed E-state index contributed by atoms with van der Waals surface area (Å²) in [7, 11) is 0. The van der Waals surface area contributed by atoms with E-state index in [1.807, 2.05) is 39.0 Å². The molecule has 0 aliphatic carbocycles. The number of guanidine groups is 1. The number of aromatic nitrogens is 1. The van der Waals surface area contributed by atoms with E-state index in [-0.39, 0.29) is 29.9 Å². The molecule has 0 saturated heterocycles. The molecule has 32 heavy (non-hydrogen) atoms. The second kappa shape index (κ2) is 16.1. The van der Waals surface area contributed by atoms with Gasteiger partial charge in [-0.25, -0.2) is 0 Å². The molecule has 0 radical (unpaired) electrons. The fourth-order valence-electron chi connectivity index (χ4n) is 2.85. The van der Waals surface area contributed by atoms with E-state index < -0.39 is 0 Å². The molecular formula is C23H34IN5O3. The third kappa shape index (κ3) is 9.71. The van der Waals surface area contributed by atoms with Gasteiger partial charge in [-0.3, -0.25) is 14.8 Å². The predicted molar refractivity (Wildman–Crippen MR) is 138 cm³/mol. The largest absolute Gasteiger partial charge is 0.490 e. The van der Waals surface area contributed by atoms with Crippen molar-refractivity contribution in [1.29, 1.82) is 0 Å². The minimum atomic E-state index is -0.141. The molecule has 0 aliphatic heterocycles. The van der Waals surface area contributed by atoms with Crippen molar-refractivity contribution in [3.8, 4) is 11.5 Å². The Kier molecular flexibility index (Phi) is 13.8. The summed E-state index contributed by atoms with van der Waals surface area (Å²) in [4.78, 5) is 20.6. The first-order valence-corrected chi connectivity index (χ1v) is 10.8. The zero-order valence-electron chi connectivity index (χ0n) is 19.0. The van der Waals surface area contributed by atoms with Crippen LogP contribution in [0.15, 0.2) is 47.7 Å². The zero-order valence-corrected chi connectivity index (χ0v) is 21.3. The maximum Gasteiger partial charge on any atom is 0.252 e. The number of ether oxygens (including phenoxy) is 2. The Morgan fingerprint density at radius 3 is 2.44 bits per heavy atom. The molecular weight excluding hydrogens is 521 g/mol. The summed E-state index contributed by atoms with van der Waals surface area (Å²) in [6.45, 7) is 9.55. The number of benzene rings is 1. The van der Waals surface area contributed by atoms with E-state index in [0.717, 1.165) is 30.0 Å². The average Bonchev–Trinajstić information content (AvgIpc) is 2.79. The van der Waals surface area contributed by atoms with Gasteiger partial charge >= 0.3 is 0 Å². The van der Waals surface area contributed by atoms with Crippen LogP contribution in [0.5, 0.6) is 11.5 Å². The summed E-state index contributed by atoms with van der Waals surface area (Å²) < 4.78 is 11.3. The van der Waals surface area contributed by atoms with Crippen molar-refractivity contribution >= 4 is 35.8 Å². The third-order valence-electron chi connectivity index (χ3n) is 4.25. The molecule has 1 amide bonds. The Labute approximate surface area is 207 Å². The Morgan fingerprint density at radius 1 is 1.00 bits per heavy atom. The Hall–Kier alpha value is -2.56. The van der Waals surface area contributed by atoms with Crippen LogP contribution in [-0.2, 0) is 6.42 Å². The lowest BCUT2D eigenvalue weighted by Gasteiger charge is -2.13. The van der Waals surface area contributed by atoms with Crippen LogP contribution < -0.4 is 25.4 Å². The van der Waals surface area contributed by atoms with Gasteiger partial charge in [0.1, 0.15) is 0 Å². The van der Waals surface area contributed by atoms with Gasteiger partial charge < -0.3 is 25.4 Å². The first kappa shape index (κ1) is 27.5. The van der Waals surface area contributed by atoms with Crippen molar-refractivity contribution in [3.05, 3.63) is 53.9 Å². The molecule has 0 atom stereocenters. The van der Waals surface area contributed by atoms with Crippen LogP contribution in [0, 0.1) is 0 Å². The Bertz CT molecular complexity index is 834. The molecule has 1 aromatic carbocycles. The summed E-state index contributed by atoms with van der Waals surface area (Å²) in [5.41, 5.74) is 1.68. The number of pyridine rings is 1. The number of hydrogen-bond acceptors (Lipinski definition) is 5. The maximum atomic E-state index is 12.0. The fourth-order valence-corrected chi connectivity index (χ4v) is 2.85. The van der Waals surface area contributed by atoms with Crippen LogP contribution in [0.1, 0.15) is 36.7 Å². The van der Waals surface area contributed by atoms with E-state index in [0.29, 0.717) is 44.4 Å². The number of nitrogens with one attached hydrogen (secondary N) is 3. The molecule has 176 valence electrons. The summed E-state index contributed by atoms with van der Waals surface area (Å²) in [5.74, 6) is 2.10. The number of amides is 1. The molecule has 0 saturated carbocycles. The van der Waals surface area contributed by atoms with Crippen LogP contribution in [0.2, 0.25) is 0 Å². The summed E-state index contributed by atoms with van der Waals surface area (Å²) in [5, 5.41) is 9.32. The van der Waals surface area contributed by atoms with Crippen LogP contribution in [-0.4, -0.2) is 56.2 Å². The average molecular weight is 555 g/mol. The van der Waals surface area contributed by atoms with Gasteiger partial charge in [-0.05, 0) is 57.0 Å². The minimum Gasteiger partial charge on any atom is -0.490 e. The summed E-state index contributed by atoms with van der Waals surface area (Å²) >= 11 is 0. The number of nitrogens with zero attached hydrogens (tertiary/aromatic N) is 2. The molecule has 0 fully saturated rings. The lowest BCUT2D eigenvalue weighted by Crippen LogP contribution is -2.41. The third-order valence-corrected chi connectivity index (χ3v) is 4.25. The second-order valence-electron chi connectivity index (χ2n) is 6.58. The van der Waals surface area contributed by atoms with Gasteiger partial charge in [-0.2, -0.15) is 0 Å². The lowest BCUT2D eigenvalue weighted by molar-refractivity contribution is 0.0954. The van der Waals surface area contributed by atoms with E-state index in [4.69, 9.17) is 9.47 Å². The molecule has 1 heterocycles. The number of carbonyl (C=O) groups is 1. The number of carbonyl (C=O) groups excluding carboxylic acids is 1. The van der Waals surface area contributed by atoms with Crippen molar-refractivity contribution in [1.82, 2.24) is 20.9 Å². The van der Waals surface area contributed by atoms with Crippen molar-refractivity contribution in [3.63, 3.8) is 0 Å². The van der Waals surface area contributed by atoms with Crippen LogP contribution in [0.25, 0.3) is 0 Å². The van der Waals surface area contributed by atoms with Crippen LogP contribution in [0.4, 0.5) is 0 Å². The zero-order chi connectivity index (χ0) is 22.3. The number of hydrogen-bond donors (Lipinski definition) is 3. The lowest BCUT2D eigenvalue weighted by atomic mass is 10.1. The highest BCUT2D eigenvalue weighted by Gasteiger charge is 2.07. The minimum absolute atomic E-state index is 0. The van der Waals surface area contributed by atoms with Crippen molar-refractivity contribution in [2.45, 2.75) is 27.2 Å². The van der Waals surface area contributed by atoms with E-state index in [1.165, 1.54) is 0 Å². The highest BCUT2D eigenvalue weighted by Crippen LogP contribution is 2.28. The fraction of sp³-hybridized carbons (Fsp3) is 0.435. The normalized spacial score (nSPS) is 10.7. The quantitative estimate of drug-likeness (QED) is 0.161. The SMILES string of the molecule is CCNC(=NCCc1ccc(OCC)c(OCC)c1)NCCNC(=O)c1cccnc1.I. The van der Waals surface area contributed by atoms with Crippen LogP contribution >= 0.6 is 24.0 Å². The molecule has 0 unspecified atom stereocenters. The molecule has 2 aromatic rings. The van der Waals surface area contributed by atoms with E-state index in [9.17, 15) is 4.79 Å². The number of halogens is 1. The molecule has 8 nitrogen and oxygen atoms in total. The number of aliphatic imine (C=N–C) groups is 1. The van der Waals surface area contributed by atoms with E-state index in [1.54, 1.807) is 24.5 Å². The topological polar surface area (TPSA) is 96.9 Å². The monoisotopic (exact) mass is 555 g/mol. The molecule has 1 aromatic heterocycles. The van der Waals surface area contributed by atoms with Gasteiger partial charge in [-0.15, -0.1) is 24.0 Å². The van der Waals surface area contributed by atoms with E-state index >= 15 is 0 Å². The van der Waals surface area contributed by atoms with Gasteiger partial charge in [-0.1, -0.05) is 6.07 Å². The Balaban J connectivity index is 0.00000512. The highest BCUT2D eigenvalue weighted by molar-refractivity contribution is 14.0. The summed E-state index contributed by atoms with van der Waals surface area (Å²) in [6, 6.07) is 9.47. The summed E-state index contributed by atoms with van der Waals surface area (Å²) in [6.07, 6.45) is 3.97. The standard InChI is InChI=1S/C23H33N5O3.HI/c1-4-25-23(28-15-14-26-22(29)19-8-7-12-24-17-19)27-13-11-18-9-10-20(30-5-2)21(16-18)31-6-3;/h7-10,12,16-17H,4-6,11,13-15H2,1-3H3,(H,26,29)(H2,25,27,28);1H. The van der Waals surface area contributed by atoms with Crippen LogP contribution in [0.3, 0.4) is 0 Å². The molecule has 9 heteroatoms. The molecule has 0 aliphatic rings. The van der Waals surface area contributed by atoms with Crippen molar-refractivity contribution < 1.29 is 14.3 Å². The molecule has 0 spiro atoms. The van der Waals surface area contributed by atoms with Gasteiger partial charge in [0.15, 0.2) is 17.5 Å². The first-order valence-electron chi connectivity index (χ1n) is 10.8. The Morgan fingerprint density at radius 2 is 1.75 bits per heavy atom. The highest BCUT2D eigenvalue weighted by atomic mass is 127. The van der Waals surface area contributed by atoms with Crippen molar-refractivity contribution in [2.75, 3.05) is 39.4 Å². The maximum absolute atomic E-state index is 12.0. The predicted octanol–water partition coefficient (Wildman–Crippen LogP) is 3.02. The van der Waals surface area contributed by atoms with Gasteiger partial charge in [0, 0.05) is 38.6 Å². The second-order valence-corrected chi connectivity index (χ2v) is 6.58. The van der Waals surface area contributed by atoms with Crippen molar-refractivity contribution in [2.24, 2.45) is 4.99 Å². The molecule has 3 N–H and O–H groups in total. The van der Waals surface area contributed by atoms with Gasteiger partial charge in [0.05, 0.1) is 18.8 Å². The van der Waals surface area contributed by atoms with Gasteiger partial charge in [0.25, 0.3) is 5.91 Å².